The van der Waals surface area contributed by atoms with Crippen molar-refractivity contribution in [2.75, 3.05) is 26.8 Å². The molecule has 156 valence electrons. The van der Waals surface area contributed by atoms with Crippen LogP contribution in [0, 0.1) is 6.92 Å². The number of ether oxygens (including phenoxy) is 1. The Morgan fingerprint density at radius 1 is 1.14 bits per heavy atom. The summed E-state index contributed by atoms with van der Waals surface area (Å²) in [7, 11) is 1.60. The molecule has 2 rings (SSSR count). The van der Waals surface area contributed by atoms with Crippen molar-refractivity contribution in [1.82, 2.24) is 9.80 Å². The van der Waals surface area contributed by atoms with E-state index >= 15 is 0 Å². The zero-order valence-corrected chi connectivity index (χ0v) is 17.6. The highest BCUT2D eigenvalue weighted by Gasteiger charge is 2.23. The minimum atomic E-state index is -0.197. The number of carbonyl (C=O) groups excluding carboxylic acids is 2. The van der Waals surface area contributed by atoms with E-state index in [4.69, 9.17) is 9.15 Å². The van der Waals surface area contributed by atoms with Gasteiger partial charge in [-0.05, 0) is 44.5 Å². The highest BCUT2D eigenvalue weighted by molar-refractivity contribution is 5.94. The van der Waals surface area contributed by atoms with Gasteiger partial charge in [0, 0.05) is 25.8 Å². The van der Waals surface area contributed by atoms with Gasteiger partial charge in [0.1, 0.15) is 18.1 Å². The fourth-order valence-corrected chi connectivity index (χ4v) is 2.84. The van der Waals surface area contributed by atoms with Gasteiger partial charge in [0.15, 0.2) is 0 Å². The number of hydrogen-bond donors (Lipinski definition) is 0. The van der Waals surface area contributed by atoms with E-state index in [1.54, 1.807) is 23.0 Å². The van der Waals surface area contributed by atoms with Crippen molar-refractivity contribution < 1.29 is 18.7 Å². The van der Waals surface area contributed by atoms with Gasteiger partial charge in [-0.3, -0.25) is 9.59 Å². The number of methoxy groups -OCH3 is 1. The number of amides is 2. The van der Waals surface area contributed by atoms with Gasteiger partial charge in [-0.2, -0.15) is 0 Å². The Morgan fingerprint density at radius 3 is 2.45 bits per heavy atom. The first kappa shape index (κ1) is 22.4. The van der Waals surface area contributed by atoms with Crippen LogP contribution in [0.4, 0.5) is 0 Å². The van der Waals surface area contributed by atoms with Gasteiger partial charge in [0.25, 0.3) is 0 Å². The maximum atomic E-state index is 13.0. The first-order valence-electron chi connectivity index (χ1n) is 9.76. The topological polar surface area (TPSA) is 63.0 Å². The number of aryl methyl sites for hydroxylation is 1. The number of nitrogens with zero attached hydrogens (tertiary/aromatic N) is 2. The van der Waals surface area contributed by atoms with Crippen LogP contribution in [-0.4, -0.2) is 54.5 Å². The molecule has 2 aromatic rings. The minimum absolute atomic E-state index is 0.000958. The van der Waals surface area contributed by atoms with Crippen molar-refractivity contribution in [2.24, 2.45) is 0 Å². The summed E-state index contributed by atoms with van der Waals surface area (Å²) in [5.74, 6) is 1.16. The Kier molecular flexibility index (Phi) is 8.68. The molecule has 0 radical (unpaired) electrons. The lowest BCUT2D eigenvalue weighted by Crippen LogP contribution is -2.45. The standard InChI is InChI=1S/C23H30N2O4/c1-18(2)25(22(26)13-11-20-8-6-5-7-9-20)17-23(27)24(14-15-28-4)16-21-12-10-19(3)29-21/h5-13,18H,14-17H2,1-4H3/b13-11+. The van der Waals surface area contributed by atoms with E-state index in [9.17, 15) is 9.59 Å². The molecule has 0 aliphatic carbocycles. The Bertz CT molecular complexity index is 811. The highest BCUT2D eigenvalue weighted by atomic mass is 16.5. The van der Waals surface area contributed by atoms with Crippen molar-refractivity contribution in [3.8, 4) is 0 Å². The van der Waals surface area contributed by atoms with Gasteiger partial charge in [0.2, 0.25) is 11.8 Å². The summed E-state index contributed by atoms with van der Waals surface area (Å²) in [6, 6.07) is 13.2. The first-order valence-corrected chi connectivity index (χ1v) is 9.76. The van der Waals surface area contributed by atoms with Crippen molar-refractivity contribution in [2.45, 2.75) is 33.4 Å². The van der Waals surface area contributed by atoms with E-state index in [2.05, 4.69) is 0 Å². The SMILES string of the molecule is COCCN(Cc1ccc(C)o1)C(=O)CN(C(=O)/C=C/c1ccccc1)C(C)C. The molecule has 6 heteroatoms. The highest BCUT2D eigenvalue weighted by Crippen LogP contribution is 2.11. The summed E-state index contributed by atoms with van der Waals surface area (Å²) >= 11 is 0. The summed E-state index contributed by atoms with van der Waals surface area (Å²) in [6.07, 6.45) is 3.27. The summed E-state index contributed by atoms with van der Waals surface area (Å²) in [5, 5.41) is 0. The Hall–Kier alpha value is -2.86. The summed E-state index contributed by atoms with van der Waals surface area (Å²) in [4.78, 5) is 28.9. The quantitative estimate of drug-likeness (QED) is 0.575. The van der Waals surface area contributed by atoms with Crippen molar-refractivity contribution in [3.05, 3.63) is 65.6 Å². The fraction of sp³-hybridized carbons (Fsp3) is 0.391. The van der Waals surface area contributed by atoms with Crippen molar-refractivity contribution in [3.63, 3.8) is 0 Å². The lowest BCUT2D eigenvalue weighted by Gasteiger charge is -2.29. The van der Waals surface area contributed by atoms with Crippen LogP contribution < -0.4 is 0 Å². The van der Waals surface area contributed by atoms with Gasteiger partial charge in [-0.1, -0.05) is 30.3 Å². The molecule has 1 aromatic heterocycles. The number of hydrogen-bond acceptors (Lipinski definition) is 4. The number of carbonyl (C=O) groups is 2. The molecule has 0 bridgehead atoms. The van der Waals surface area contributed by atoms with Gasteiger partial charge in [-0.25, -0.2) is 0 Å². The zero-order valence-electron chi connectivity index (χ0n) is 17.6. The van der Waals surface area contributed by atoms with Crippen LogP contribution in [0.5, 0.6) is 0 Å². The molecule has 0 aliphatic rings. The van der Waals surface area contributed by atoms with E-state index in [1.165, 1.54) is 6.08 Å². The number of rotatable bonds is 10. The number of benzene rings is 1. The van der Waals surface area contributed by atoms with Crippen LogP contribution in [-0.2, 0) is 20.9 Å². The average molecular weight is 399 g/mol. The molecule has 6 nitrogen and oxygen atoms in total. The molecular formula is C23H30N2O4. The first-order chi connectivity index (χ1) is 13.9. The maximum Gasteiger partial charge on any atom is 0.247 e. The monoisotopic (exact) mass is 398 g/mol. The third-order valence-electron chi connectivity index (χ3n) is 4.49. The molecule has 0 saturated heterocycles. The third kappa shape index (κ3) is 7.23. The summed E-state index contributed by atoms with van der Waals surface area (Å²) in [6.45, 7) is 6.84. The molecular weight excluding hydrogens is 368 g/mol. The fourth-order valence-electron chi connectivity index (χ4n) is 2.84. The third-order valence-corrected chi connectivity index (χ3v) is 4.49. The molecule has 0 spiro atoms. The molecule has 0 fully saturated rings. The van der Waals surface area contributed by atoms with Crippen LogP contribution in [0.25, 0.3) is 6.08 Å². The Labute approximate surface area is 172 Å². The predicted octanol–water partition coefficient (Wildman–Crippen LogP) is 3.51. The Balaban J connectivity index is 2.07. The molecule has 2 amide bonds. The minimum Gasteiger partial charge on any atom is -0.464 e. The molecule has 0 unspecified atom stereocenters. The second-order valence-corrected chi connectivity index (χ2v) is 7.12. The zero-order chi connectivity index (χ0) is 21.2. The lowest BCUT2D eigenvalue weighted by atomic mass is 10.2. The maximum absolute atomic E-state index is 13.0. The van der Waals surface area contributed by atoms with Crippen molar-refractivity contribution in [1.29, 1.82) is 0 Å². The van der Waals surface area contributed by atoms with Crippen LogP contribution in [0.15, 0.2) is 53.0 Å². The normalized spacial score (nSPS) is 11.2. The lowest BCUT2D eigenvalue weighted by molar-refractivity contribution is -0.140. The molecule has 0 aliphatic heterocycles. The van der Waals surface area contributed by atoms with Crippen molar-refractivity contribution >= 4 is 17.9 Å². The molecule has 0 saturated carbocycles. The van der Waals surface area contributed by atoms with E-state index in [0.717, 1.165) is 11.3 Å². The predicted molar refractivity (Wildman–Crippen MR) is 113 cm³/mol. The number of furan rings is 1. The van der Waals surface area contributed by atoms with E-state index in [1.807, 2.05) is 63.2 Å². The molecule has 0 N–H and O–H groups in total. The van der Waals surface area contributed by atoms with Crippen LogP contribution in [0.3, 0.4) is 0 Å². The summed E-state index contributed by atoms with van der Waals surface area (Å²) in [5.41, 5.74) is 0.936. The molecule has 0 atom stereocenters. The van der Waals surface area contributed by atoms with Crippen LogP contribution in [0.1, 0.15) is 30.9 Å². The van der Waals surface area contributed by atoms with E-state index in [0.29, 0.717) is 25.5 Å². The molecule has 29 heavy (non-hydrogen) atoms. The molecule has 1 aromatic carbocycles. The van der Waals surface area contributed by atoms with E-state index in [-0.39, 0.29) is 24.4 Å². The van der Waals surface area contributed by atoms with Crippen LogP contribution in [0.2, 0.25) is 0 Å². The second-order valence-electron chi connectivity index (χ2n) is 7.12. The van der Waals surface area contributed by atoms with Gasteiger partial charge in [-0.15, -0.1) is 0 Å². The van der Waals surface area contributed by atoms with Gasteiger partial charge in [0.05, 0.1) is 13.2 Å². The molecule has 1 heterocycles. The smallest absolute Gasteiger partial charge is 0.247 e. The second kappa shape index (κ2) is 11.2. The average Bonchev–Trinajstić information content (AvgIpc) is 3.12. The van der Waals surface area contributed by atoms with E-state index < -0.39 is 0 Å². The van der Waals surface area contributed by atoms with Gasteiger partial charge < -0.3 is 19.0 Å². The summed E-state index contributed by atoms with van der Waals surface area (Å²) < 4.78 is 10.7. The van der Waals surface area contributed by atoms with Crippen LogP contribution >= 0.6 is 0 Å². The largest absolute Gasteiger partial charge is 0.464 e. The van der Waals surface area contributed by atoms with Gasteiger partial charge >= 0.3 is 0 Å². The Morgan fingerprint density at radius 2 is 1.86 bits per heavy atom.